The summed E-state index contributed by atoms with van der Waals surface area (Å²) in [6.07, 6.45) is 5.12. The maximum Gasteiger partial charge on any atom is 0.0576 e. The monoisotopic (exact) mass is 179 g/mol. The highest BCUT2D eigenvalue weighted by Crippen LogP contribution is 2.19. The molecule has 0 radical (unpaired) electrons. The van der Waals surface area contributed by atoms with Crippen LogP contribution in [0.5, 0.6) is 0 Å². The second kappa shape index (κ2) is 4.30. The minimum absolute atomic E-state index is 0.649. The minimum atomic E-state index is 0.649. The van der Waals surface area contributed by atoms with Crippen LogP contribution in [-0.4, -0.2) is 6.54 Å². The van der Waals surface area contributed by atoms with E-state index in [0.29, 0.717) is 6.54 Å². The molecule has 0 atom stereocenters. The summed E-state index contributed by atoms with van der Waals surface area (Å²) in [6.45, 7) is 5.82. The van der Waals surface area contributed by atoms with Gasteiger partial charge in [-0.1, -0.05) is 5.92 Å². The van der Waals surface area contributed by atoms with Crippen molar-refractivity contribution < 1.29 is 0 Å². The van der Waals surface area contributed by atoms with Gasteiger partial charge in [0.15, 0.2) is 0 Å². The van der Waals surface area contributed by atoms with Gasteiger partial charge in [-0.2, -0.15) is 0 Å². The van der Waals surface area contributed by atoms with E-state index in [1.54, 1.807) is 0 Å². The van der Waals surface area contributed by atoms with E-state index in [4.69, 9.17) is 6.42 Å². The van der Waals surface area contributed by atoms with Crippen molar-refractivity contribution in [1.82, 2.24) is 5.32 Å². The molecular weight excluding hydrogens is 166 g/mol. The molecule has 0 aromatic carbocycles. The van der Waals surface area contributed by atoms with Crippen molar-refractivity contribution in [3.8, 4) is 12.3 Å². The van der Waals surface area contributed by atoms with Crippen molar-refractivity contribution in [2.24, 2.45) is 0 Å². The molecule has 0 unspecified atom stereocenters. The number of terminal acetylenes is 1. The fourth-order valence-electron chi connectivity index (χ4n) is 0.995. The number of hydrogen-bond acceptors (Lipinski definition) is 2. The third-order valence-corrected chi connectivity index (χ3v) is 2.90. The molecule has 0 amide bonds. The Balaban J connectivity index is 2.48. The largest absolute Gasteiger partial charge is 0.301 e. The number of thiophene rings is 1. The first-order valence-corrected chi connectivity index (χ1v) is 4.75. The Kier molecular flexibility index (Phi) is 3.33. The van der Waals surface area contributed by atoms with Crippen molar-refractivity contribution in [3.63, 3.8) is 0 Å². The Bertz CT molecular complexity index is 274. The highest BCUT2D eigenvalue weighted by Gasteiger charge is 1.99. The fourth-order valence-corrected chi connectivity index (χ4v) is 2.02. The average Bonchev–Trinajstić information content (AvgIpc) is 2.32. The minimum Gasteiger partial charge on any atom is -0.301 e. The van der Waals surface area contributed by atoms with Gasteiger partial charge >= 0.3 is 0 Å². The molecule has 1 N–H and O–H groups in total. The van der Waals surface area contributed by atoms with Gasteiger partial charge in [0.05, 0.1) is 6.54 Å². The van der Waals surface area contributed by atoms with Gasteiger partial charge in [0.1, 0.15) is 0 Å². The van der Waals surface area contributed by atoms with Crippen LogP contribution < -0.4 is 5.32 Å². The molecule has 12 heavy (non-hydrogen) atoms. The van der Waals surface area contributed by atoms with Gasteiger partial charge in [0.2, 0.25) is 0 Å². The van der Waals surface area contributed by atoms with Crippen LogP contribution in [0, 0.1) is 26.2 Å². The Morgan fingerprint density at radius 1 is 1.58 bits per heavy atom. The fraction of sp³-hybridized carbons (Fsp3) is 0.400. The molecule has 1 rings (SSSR count). The normalized spacial score (nSPS) is 9.75. The van der Waals surface area contributed by atoms with Gasteiger partial charge in [-0.3, -0.25) is 0 Å². The number of nitrogens with one attached hydrogen (secondary N) is 1. The molecule has 0 saturated carbocycles. The SMILES string of the molecule is C#CCNCc1cc(C)c(C)s1. The molecule has 0 aliphatic rings. The summed E-state index contributed by atoms with van der Waals surface area (Å²) in [5, 5.41) is 3.17. The van der Waals surface area contributed by atoms with Crippen LogP contribution in [0.15, 0.2) is 6.07 Å². The van der Waals surface area contributed by atoms with E-state index in [1.807, 2.05) is 11.3 Å². The van der Waals surface area contributed by atoms with E-state index in [2.05, 4.69) is 31.2 Å². The van der Waals surface area contributed by atoms with Crippen LogP contribution in [0.25, 0.3) is 0 Å². The molecule has 64 valence electrons. The summed E-state index contributed by atoms with van der Waals surface area (Å²) < 4.78 is 0. The number of rotatable bonds is 3. The van der Waals surface area contributed by atoms with Crippen LogP contribution >= 0.6 is 11.3 Å². The number of aryl methyl sites for hydroxylation is 2. The van der Waals surface area contributed by atoms with E-state index in [0.717, 1.165) is 6.54 Å². The van der Waals surface area contributed by atoms with E-state index >= 15 is 0 Å². The molecule has 1 nitrogen and oxygen atoms in total. The highest BCUT2D eigenvalue weighted by molar-refractivity contribution is 7.12. The summed E-state index contributed by atoms with van der Waals surface area (Å²) in [4.78, 5) is 2.76. The van der Waals surface area contributed by atoms with Crippen molar-refractivity contribution >= 4 is 11.3 Å². The maximum atomic E-state index is 5.12. The second-order valence-electron chi connectivity index (χ2n) is 2.76. The Hall–Kier alpha value is -0.780. The lowest BCUT2D eigenvalue weighted by Gasteiger charge is -1.94. The van der Waals surface area contributed by atoms with E-state index in [9.17, 15) is 0 Å². The van der Waals surface area contributed by atoms with Crippen LogP contribution in [-0.2, 0) is 6.54 Å². The zero-order chi connectivity index (χ0) is 8.97. The van der Waals surface area contributed by atoms with Crippen LogP contribution in [0.2, 0.25) is 0 Å². The van der Waals surface area contributed by atoms with E-state index in [-0.39, 0.29) is 0 Å². The van der Waals surface area contributed by atoms with Crippen LogP contribution in [0.1, 0.15) is 15.3 Å². The molecule has 1 aromatic heterocycles. The molecule has 1 aromatic rings. The average molecular weight is 179 g/mol. The molecule has 0 aliphatic heterocycles. The van der Waals surface area contributed by atoms with Gasteiger partial charge in [0, 0.05) is 16.3 Å². The third-order valence-electron chi connectivity index (χ3n) is 1.74. The van der Waals surface area contributed by atoms with Gasteiger partial charge in [-0.15, -0.1) is 17.8 Å². The summed E-state index contributed by atoms with van der Waals surface area (Å²) in [7, 11) is 0. The first-order valence-electron chi connectivity index (χ1n) is 3.94. The molecule has 1 heterocycles. The van der Waals surface area contributed by atoms with Gasteiger partial charge < -0.3 is 5.32 Å². The van der Waals surface area contributed by atoms with Crippen LogP contribution in [0.4, 0.5) is 0 Å². The van der Waals surface area contributed by atoms with Gasteiger partial charge in [-0.05, 0) is 25.5 Å². The Morgan fingerprint density at radius 3 is 2.83 bits per heavy atom. The van der Waals surface area contributed by atoms with Crippen molar-refractivity contribution in [2.75, 3.05) is 6.54 Å². The molecule has 2 heteroatoms. The molecule has 0 saturated heterocycles. The summed E-state index contributed by atoms with van der Waals surface area (Å²) in [5.74, 6) is 2.55. The topological polar surface area (TPSA) is 12.0 Å². The summed E-state index contributed by atoms with van der Waals surface area (Å²) in [5.41, 5.74) is 1.37. The maximum absolute atomic E-state index is 5.12. The van der Waals surface area contributed by atoms with Gasteiger partial charge in [-0.25, -0.2) is 0 Å². The quantitative estimate of drug-likeness (QED) is 0.553. The van der Waals surface area contributed by atoms with E-state index in [1.165, 1.54) is 15.3 Å². The van der Waals surface area contributed by atoms with Crippen LogP contribution in [0.3, 0.4) is 0 Å². The Labute approximate surface area is 77.8 Å². The predicted molar refractivity (Wildman–Crippen MR) is 54.3 cm³/mol. The first kappa shape index (κ1) is 9.31. The smallest absolute Gasteiger partial charge is 0.0576 e. The number of hydrogen-bond donors (Lipinski definition) is 1. The first-order chi connectivity index (χ1) is 5.74. The Morgan fingerprint density at radius 2 is 2.33 bits per heavy atom. The third kappa shape index (κ3) is 2.37. The zero-order valence-corrected chi connectivity index (χ0v) is 8.29. The molecule has 0 fully saturated rings. The van der Waals surface area contributed by atoms with Gasteiger partial charge in [0.25, 0.3) is 0 Å². The van der Waals surface area contributed by atoms with Crippen molar-refractivity contribution in [3.05, 3.63) is 21.4 Å². The highest BCUT2D eigenvalue weighted by atomic mass is 32.1. The molecule has 0 bridgehead atoms. The second-order valence-corrected chi connectivity index (χ2v) is 4.10. The lowest BCUT2D eigenvalue weighted by atomic mass is 10.3. The molecule has 0 aliphatic carbocycles. The molecular formula is C10H13NS. The van der Waals surface area contributed by atoms with E-state index < -0.39 is 0 Å². The zero-order valence-electron chi connectivity index (χ0n) is 7.48. The van der Waals surface area contributed by atoms with Crippen molar-refractivity contribution in [2.45, 2.75) is 20.4 Å². The lowest BCUT2D eigenvalue weighted by molar-refractivity contribution is 0.781. The standard InChI is InChI=1S/C10H13NS/c1-4-5-11-7-10-6-8(2)9(3)12-10/h1,6,11H,5,7H2,2-3H3. The predicted octanol–water partition coefficient (Wildman–Crippen LogP) is 2.09. The van der Waals surface area contributed by atoms with Crippen molar-refractivity contribution in [1.29, 1.82) is 0 Å². The summed E-state index contributed by atoms with van der Waals surface area (Å²) in [6, 6.07) is 2.21. The molecule has 0 spiro atoms. The lowest BCUT2D eigenvalue weighted by Crippen LogP contribution is -2.11. The summed E-state index contributed by atoms with van der Waals surface area (Å²) >= 11 is 1.83.